The molecule has 0 saturated carbocycles. The Morgan fingerprint density at radius 2 is 1.68 bits per heavy atom. The normalized spacial score (nSPS) is 16.2. The molecule has 0 bridgehead atoms. The Morgan fingerprint density at radius 1 is 0.976 bits per heavy atom. The van der Waals surface area contributed by atoms with Crippen LogP contribution in [0, 0.1) is 6.57 Å². The summed E-state index contributed by atoms with van der Waals surface area (Å²) in [6, 6.07) is 33.1. The number of aliphatic hydroxyl groups is 1. The minimum absolute atomic E-state index is 0.0305. The van der Waals surface area contributed by atoms with Crippen molar-refractivity contribution in [3.05, 3.63) is 137 Å². The fourth-order valence-corrected chi connectivity index (χ4v) is 5.59. The van der Waals surface area contributed by atoms with Crippen LogP contribution in [-0.2, 0) is 17.8 Å². The Kier molecular flexibility index (Phi) is 8.91. The molecule has 1 amide bonds. The minimum Gasteiger partial charge on any atom is -0.394 e. The van der Waals surface area contributed by atoms with Crippen LogP contribution in [0.1, 0.15) is 45.9 Å². The molecule has 6 heteroatoms. The van der Waals surface area contributed by atoms with E-state index in [0.717, 1.165) is 40.7 Å². The van der Waals surface area contributed by atoms with Crippen molar-refractivity contribution in [1.82, 2.24) is 4.90 Å². The third kappa shape index (κ3) is 6.72. The van der Waals surface area contributed by atoms with Crippen LogP contribution in [0.2, 0.25) is 0 Å². The molecule has 0 radical (unpaired) electrons. The van der Waals surface area contributed by atoms with Crippen LogP contribution in [0.4, 0.5) is 5.69 Å². The van der Waals surface area contributed by atoms with Gasteiger partial charge in [0.2, 0.25) is 0 Å². The van der Waals surface area contributed by atoms with E-state index in [1.54, 1.807) is 6.07 Å². The Hall–Kier alpha value is -4.28. The fraction of sp³-hybridized carbons (Fsp3) is 0.257. The second-order valence-corrected chi connectivity index (χ2v) is 10.8. The molecule has 41 heavy (non-hydrogen) atoms. The molecule has 5 rings (SSSR count). The average molecular weight is 546 g/mol. The highest BCUT2D eigenvalue weighted by molar-refractivity contribution is 5.97. The van der Waals surface area contributed by atoms with Crippen LogP contribution in [0.15, 0.2) is 103 Å². The summed E-state index contributed by atoms with van der Waals surface area (Å²) in [5.74, 6) is -0.0349. The molecule has 1 aliphatic rings. The molecule has 1 fully saturated rings. The monoisotopic (exact) mass is 545 g/mol. The molecule has 4 aromatic carbocycles. The second-order valence-electron chi connectivity index (χ2n) is 10.8. The number of nitrogens with two attached hydrogens (primary N) is 1. The molecular weight excluding hydrogens is 510 g/mol. The van der Waals surface area contributed by atoms with Gasteiger partial charge in [0.05, 0.1) is 38.0 Å². The maximum absolute atomic E-state index is 14.0. The lowest BCUT2D eigenvalue weighted by atomic mass is 9.93. The Morgan fingerprint density at radius 3 is 2.41 bits per heavy atom. The first-order valence-corrected chi connectivity index (χ1v) is 14.0. The smallest absolute Gasteiger partial charge is 0.254 e. The first kappa shape index (κ1) is 28.3. The number of nitrogens with zero attached hydrogens (tertiary/aromatic N) is 2. The van der Waals surface area contributed by atoms with E-state index in [0.29, 0.717) is 24.2 Å². The van der Waals surface area contributed by atoms with Crippen LogP contribution in [0.5, 0.6) is 0 Å². The van der Waals surface area contributed by atoms with Gasteiger partial charge in [0, 0.05) is 12.1 Å². The van der Waals surface area contributed by atoms with Gasteiger partial charge in [-0.25, -0.2) is 4.85 Å². The van der Waals surface area contributed by atoms with Gasteiger partial charge in [0.25, 0.3) is 5.91 Å². The third-order valence-corrected chi connectivity index (χ3v) is 7.65. The van der Waals surface area contributed by atoms with Gasteiger partial charge in [-0.1, -0.05) is 91.0 Å². The zero-order valence-electron chi connectivity index (χ0n) is 23.1. The number of carbonyl (C=O) groups excluding carboxylic acids is 1. The Balaban J connectivity index is 1.42. The van der Waals surface area contributed by atoms with Crippen LogP contribution in [-0.4, -0.2) is 41.2 Å². The molecule has 1 heterocycles. The van der Waals surface area contributed by atoms with Crippen molar-refractivity contribution in [3.63, 3.8) is 0 Å². The zero-order valence-corrected chi connectivity index (χ0v) is 23.1. The van der Waals surface area contributed by atoms with Crippen molar-refractivity contribution in [2.45, 2.75) is 37.5 Å². The van der Waals surface area contributed by atoms with Crippen LogP contribution in [0.25, 0.3) is 16.0 Å². The van der Waals surface area contributed by atoms with E-state index in [-0.39, 0.29) is 31.8 Å². The first-order chi connectivity index (χ1) is 20.0. The van der Waals surface area contributed by atoms with Crippen LogP contribution in [0.3, 0.4) is 0 Å². The van der Waals surface area contributed by atoms with Gasteiger partial charge in [-0.3, -0.25) is 4.79 Å². The van der Waals surface area contributed by atoms with Crippen LogP contribution >= 0.6 is 0 Å². The van der Waals surface area contributed by atoms with Gasteiger partial charge in [0.15, 0.2) is 5.69 Å². The molecule has 208 valence electrons. The van der Waals surface area contributed by atoms with Gasteiger partial charge >= 0.3 is 0 Å². The third-order valence-electron chi connectivity index (χ3n) is 7.65. The predicted octanol–water partition coefficient (Wildman–Crippen LogP) is 6.33. The van der Waals surface area contributed by atoms with Gasteiger partial charge in [-0.2, -0.15) is 0 Å². The van der Waals surface area contributed by atoms with E-state index in [9.17, 15) is 9.90 Å². The number of rotatable bonds is 10. The van der Waals surface area contributed by atoms with E-state index in [2.05, 4.69) is 17.0 Å². The number of likely N-dealkylation sites (tertiary alicyclic amines) is 1. The number of hydrogen-bond acceptors (Lipinski definition) is 4. The largest absolute Gasteiger partial charge is 0.394 e. The van der Waals surface area contributed by atoms with Gasteiger partial charge in [-0.15, -0.1) is 0 Å². The predicted molar refractivity (Wildman–Crippen MR) is 161 cm³/mol. The summed E-state index contributed by atoms with van der Waals surface area (Å²) in [5.41, 5.74) is 11.2. The lowest BCUT2D eigenvalue weighted by Gasteiger charge is -2.27. The summed E-state index contributed by atoms with van der Waals surface area (Å²) in [5, 5.41) is 10.1. The number of hydrogen-bond donors (Lipinski definition) is 2. The standard InChI is InChI=1S/C35H35N3O3/c1-37-32-16-9-8-15-31(32)29-19-27(23-41-25-35(36,24-39)22-26-11-4-2-5-12-26)20-30(21-29)34(40)38-18-10-17-33(38)28-13-6-3-7-14-28/h2-9,11-16,19-21,33,39H,10,17-18,22-25,36H2. The molecule has 2 atom stereocenters. The fourth-order valence-electron chi connectivity index (χ4n) is 5.59. The number of para-hydroxylation sites is 1. The Bertz CT molecular complexity index is 1520. The van der Waals surface area contributed by atoms with Gasteiger partial charge in [0.1, 0.15) is 0 Å². The molecule has 0 aliphatic carbocycles. The Labute approximate surface area is 241 Å². The summed E-state index contributed by atoms with van der Waals surface area (Å²) in [4.78, 5) is 19.6. The molecule has 2 unspecified atom stereocenters. The summed E-state index contributed by atoms with van der Waals surface area (Å²) in [6.07, 6.45) is 2.35. The lowest BCUT2D eigenvalue weighted by molar-refractivity contribution is 0.0457. The number of ether oxygens (including phenoxy) is 1. The van der Waals surface area contributed by atoms with E-state index < -0.39 is 5.54 Å². The molecule has 3 N–H and O–H groups in total. The van der Waals surface area contributed by atoms with E-state index in [4.69, 9.17) is 17.0 Å². The molecular formula is C35H35N3O3. The summed E-state index contributed by atoms with van der Waals surface area (Å²) >= 11 is 0. The number of carbonyl (C=O) groups is 1. The van der Waals surface area contributed by atoms with Crippen molar-refractivity contribution >= 4 is 11.6 Å². The molecule has 4 aromatic rings. The van der Waals surface area contributed by atoms with Gasteiger partial charge in [-0.05, 0) is 59.2 Å². The topological polar surface area (TPSA) is 80.1 Å². The molecule has 0 spiro atoms. The van der Waals surface area contributed by atoms with Gasteiger partial charge < -0.3 is 20.5 Å². The lowest BCUT2D eigenvalue weighted by Crippen LogP contribution is -2.50. The molecule has 1 saturated heterocycles. The highest BCUT2D eigenvalue weighted by atomic mass is 16.5. The number of aliphatic hydroxyl groups excluding tert-OH is 1. The average Bonchev–Trinajstić information content (AvgIpc) is 3.51. The molecule has 1 aliphatic heterocycles. The highest BCUT2D eigenvalue weighted by Crippen LogP contribution is 2.35. The van der Waals surface area contributed by atoms with Crippen molar-refractivity contribution in [2.75, 3.05) is 19.8 Å². The van der Waals surface area contributed by atoms with Crippen molar-refractivity contribution in [3.8, 4) is 11.1 Å². The molecule has 6 nitrogen and oxygen atoms in total. The van der Waals surface area contributed by atoms with E-state index in [1.807, 2.05) is 89.8 Å². The molecule has 0 aromatic heterocycles. The van der Waals surface area contributed by atoms with Crippen LogP contribution < -0.4 is 5.73 Å². The SMILES string of the molecule is [C-]#[N+]c1ccccc1-c1cc(COCC(N)(CO)Cc2ccccc2)cc(C(=O)N2CCCC2c2ccccc2)c1. The van der Waals surface area contributed by atoms with Crippen molar-refractivity contribution in [1.29, 1.82) is 0 Å². The first-order valence-electron chi connectivity index (χ1n) is 14.0. The van der Waals surface area contributed by atoms with E-state index >= 15 is 0 Å². The number of amides is 1. The summed E-state index contributed by atoms with van der Waals surface area (Å²) in [6.45, 7) is 8.49. The summed E-state index contributed by atoms with van der Waals surface area (Å²) < 4.78 is 6.08. The summed E-state index contributed by atoms with van der Waals surface area (Å²) in [7, 11) is 0. The highest BCUT2D eigenvalue weighted by Gasteiger charge is 2.31. The van der Waals surface area contributed by atoms with E-state index in [1.165, 1.54) is 0 Å². The van der Waals surface area contributed by atoms with Crippen molar-refractivity contribution < 1.29 is 14.6 Å². The van der Waals surface area contributed by atoms with Crippen molar-refractivity contribution in [2.24, 2.45) is 5.73 Å². The minimum atomic E-state index is -0.938. The maximum Gasteiger partial charge on any atom is 0.254 e. The quantitative estimate of drug-likeness (QED) is 0.228. The zero-order chi connectivity index (χ0) is 28.7. The maximum atomic E-state index is 14.0. The second kappa shape index (κ2) is 12.9. The number of benzene rings is 4.